The first kappa shape index (κ1) is 16.4. The second-order valence-electron chi connectivity index (χ2n) is 5.39. The third kappa shape index (κ3) is 3.62. The SMILES string of the molecule is Cc1ccc(S(=O)(=O)NCC(Br)C(C)C)c2cccnc12. The lowest BCUT2D eigenvalue weighted by atomic mass is 10.1. The van der Waals surface area contributed by atoms with E-state index in [2.05, 4.69) is 25.6 Å². The maximum atomic E-state index is 12.5. The Balaban J connectivity index is 2.39. The van der Waals surface area contributed by atoms with Crippen LogP contribution in [0.15, 0.2) is 35.4 Å². The molecular formula is C15H19BrN2O2S. The fraction of sp³-hybridized carbons (Fsp3) is 0.400. The zero-order chi connectivity index (χ0) is 15.6. The largest absolute Gasteiger partial charge is 0.256 e. The van der Waals surface area contributed by atoms with Crippen LogP contribution in [0.1, 0.15) is 19.4 Å². The number of fused-ring (bicyclic) bond motifs is 1. The Morgan fingerprint density at radius 2 is 2.00 bits per heavy atom. The van der Waals surface area contributed by atoms with E-state index in [1.54, 1.807) is 30.5 Å². The van der Waals surface area contributed by atoms with Gasteiger partial charge in [-0.15, -0.1) is 0 Å². The molecule has 2 rings (SSSR count). The van der Waals surface area contributed by atoms with E-state index in [0.717, 1.165) is 11.1 Å². The molecule has 1 aromatic carbocycles. The van der Waals surface area contributed by atoms with Gasteiger partial charge in [0, 0.05) is 23.0 Å². The molecule has 0 bridgehead atoms. The zero-order valence-corrected chi connectivity index (χ0v) is 14.7. The number of rotatable bonds is 5. The molecule has 1 unspecified atom stereocenters. The van der Waals surface area contributed by atoms with Crippen LogP contribution in [0.25, 0.3) is 10.9 Å². The lowest BCUT2D eigenvalue weighted by Gasteiger charge is -2.15. The standard InChI is InChI=1S/C15H19BrN2O2S/c1-10(2)13(16)9-18-21(19,20)14-7-6-11(3)15-12(14)5-4-8-17-15/h4-8,10,13,18H,9H2,1-3H3. The van der Waals surface area contributed by atoms with Gasteiger partial charge < -0.3 is 0 Å². The Bertz CT molecular complexity index is 744. The Labute approximate surface area is 134 Å². The van der Waals surface area contributed by atoms with Gasteiger partial charge in [-0.1, -0.05) is 35.8 Å². The summed E-state index contributed by atoms with van der Waals surface area (Å²) in [5.41, 5.74) is 1.68. The van der Waals surface area contributed by atoms with E-state index in [1.807, 2.05) is 20.8 Å². The van der Waals surface area contributed by atoms with Gasteiger partial charge in [0.05, 0.1) is 10.4 Å². The first-order valence-corrected chi connectivity index (χ1v) is 9.21. The molecule has 0 fully saturated rings. The van der Waals surface area contributed by atoms with E-state index in [0.29, 0.717) is 17.8 Å². The van der Waals surface area contributed by atoms with Crippen molar-refractivity contribution in [2.45, 2.75) is 30.5 Å². The van der Waals surface area contributed by atoms with Crippen LogP contribution in [-0.4, -0.2) is 24.8 Å². The number of hydrogen-bond acceptors (Lipinski definition) is 3. The Hall–Kier alpha value is -0.980. The summed E-state index contributed by atoms with van der Waals surface area (Å²) < 4.78 is 27.7. The van der Waals surface area contributed by atoms with E-state index in [-0.39, 0.29) is 9.72 Å². The van der Waals surface area contributed by atoms with Crippen molar-refractivity contribution < 1.29 is 8.42 Å². The summed E-state index contributed by atoms with van der Waals surface area (Å²) in [4.78, 5) is 4.65. The number of benzene rings is 1. The van der Waals surface area contributed by atoms with Crippen molar-refractivity contribution >= 4 is 36.9 Å². The van der Waals surface area contributed by atoms with E-state index < -0.39 is 10.0 Å². The van der Waals surface area contributed by atoms with Gasteiger partial charge in [0.2, 0.25) is 10.0 Å². The van der Waals surface area contributed by atoms with E-state index >= 15 is 0 Å². The minimum Gasteiger partial charge on any atom is -0.256 e. The number of halogens is 1. The monoisotopic (exact) mass is 370 g/mol. The van der Waals surface area contributed by atoms with Crippen LogP contribution in [-0.2, 0) is 10.0 Å². The molecule has 0 saturated heterocycles. The van der Waals surface area contributed by atoms with E-state index in [4.69, 9.17) is 0 Å². The number of pyridine rings is 1. The summed E-state index contributed by atoms with van der Waals surface area (Å²) >= 11 is 3.49. The van der Waals surface area contributed by atoms with Crippen molar-refractivity contribution in [3.8, 4) is 0 Å². The van der Waals surface area contributed by atoms with Crippen molar-refractivity contribution in [2.75, 3.05) is 6.54 Å². The van der Waals surface area contributed by atoms with Gasteiger partial charge in [0.1, 0.15) is 0 Å². The van der Waals surface area contributed by atoms with Gasteiger partial charge in [-0.05, 0) is 36.6 Å². The fourth-order valence-electron chi connectivity index (χ4n) is 2.02. The number of nitrogens with zero attached hydrogens (tertiary/aromatic N) is 1. The highest BCUT2D eigenvalue weighted by Crippen LogP contribution is 2.24. The van der Waals surface area contributed by atoms with Gasteiger partial charge in [-0.2, -0.15) is 0 Å². The predicted molar refractivity (Wildman–Crippen MR) is 89.2 cm³/mol. The number of alkyl halides is 1. The highest BCUT2D eigenvalue weighted by Gasteiger charge is 2.20. The molecule has 1 N–H and O–H groups in total. The Morgan fingerprint density at radius 3 is 2.67 bits per heavy atom. The quantitative estimate of drug-likeness (QED) is 0.821. The molecule has 1 heterocycles. The van der Waals surface area contributed by atoms with Crippen LogP contribution in [0.2, 0.25) is 0 Å². The molecule has 6 heteroatoms. The molecule has 0 spiro atoms. The average Bonchev–Trinajstić information content (AvgIpc) is 2.45. The van der Waals surface area contributed by atoms with Crippen molar-refractivity contribution in [3.63, 3.8) is 0 Å². The van der Waals surface area contributed by atoms with Crippen molar-refractivity contribution in [2.24, 2.45) is 5.92 Å². The number of hydrogen-bond donors (Lipinski definition) is 1. The van der Waals surface area contributed by atoms with Gasteiger partial charge in [-0.25, -0.2) is 13.1 Å². The smallest absolute Gasteiger partial charge is 0.241 e. The Kier molecular flexibility index (Phi) is 5.01. The first-order valence-electron chi connectivity index (χ1n) is 6.81. The molecule has 114 valence electrons. The summed E-state index contributed by atoms with van der Waals surface area (Å²) in [5, 5.41) is 0.653. The number of nitrogens with one attached hydrogen (secondary N) is 1. The highest BCUT2D eigenvalue weighted by atomic mass is 79.9. The average molecular weight is 371 g/mol. The maximum absolute atomic E-state index is 12.5. The van der Waals surface area contributed by atoms with Gasteiger partial charge >= 0.3 is 0 Å². The molecule has 1 aromatic heterocycles. The maximum Gasteiger partial charge on any atom is 0.241 e. The molecular weight excluding hydrogens is 352 g/mol. The number of sulfonamides is 1. The number of aryl methyl sites for hydroxylation is 1. The molecule has 21 heavy (non-hydrogen) atoms. The summed E-state index contributed by atoms with van der Waals surface area (Å²) in [6, 6.07) is 6.97. The van der Waals surface area contributed by atoms with Crippen molar-refractivity contribution in [3.05, 3.63) is 36.0 Å². The normalized spacial score (nSPS) is 13.8. The van der Waals surface area contributed by atoms with Crippen LogP contribution in [0.5, 0.6) is 0 Å². The summed E-state index contributed by atoms with van der Waals surface area (Å²) in [7, 11) is -3.55. The van der Waals surface area contributed by atoms with Gasteiger partial charge in [0.15, 0.2) is 0 Å². The van der Waals surface area contributed by atoms with Crippen molar-refractivity contribution in [1.82, 2.24) is 9.71 Å². The second-order valence-corrected chi connectivity index (χ2v) is 8.30. The molecule has 4 nitrogen and oxygen atoms in total. The molecule has 0 radical (unpaired) electrons. The molecule has 0 aliphatic carbocycles. The molecule has 0 aliphatic rings. The van der Waals surface area contributed by atoms with Crippen LogP contribution in [0, 0.1) is 12.8 Å². The highest BCUT2D eigenvalue weighted by molar-refractivity contribution is 9.09. The van der Waals surface area contributed by atoms with Crippen LogP contribution in [0.4, 0.5) is 0 Å². The molecule has 1 atom stereocenters. The van der Waals surface area contributed by atoms with Crippen LogP contribution < -0.4 is 4.72 Å². The summed E-state index contributed by atoms with van der Waals surface area (Å²) in [6.45, 7) is 6.36. The molecule has 2 aromatic rings. The van der Waals surface area contributed by atoms with Gasteiger partial charge in [0.25, 0.3) is 0 Å². The van der Waals surface area contributed by atoms with Crippen LogP contribution >= 0.6 is 15.9 Å². The third-order valence-electron chi connectivity index (χ3n) is 3.41. The zero-order valence-electron chi connectivity index (χ0n) is 12.3. The molecule has 0 aliphatic heterocycles. The lowest BCUT2D eigenvalue weighted by Crippen LogP contribution is -2.31. The minimum atomic E-state index is -3.55. The van der Waals surface area contributed by atoms with Crippen LogP contribution in [0.3, 0.4) is 0 Å². The third-order valence-corrected chi connectivity index (χ3v) is 6.28. The van der Waals surface area contributed by atoms with E-state index in [1.165, 1.54) is 0 Å². The Morgan fingerprint density at radius 1 is 1.29 bits per heavy atom. The number of aromatic nitrogens is 1. The van der Waals surface area contributed by atoms with Gasteiger partial charge in [-0.3, -0.25) is 4.98 Å². The topological polar surface area (TPSA) is 59.1 Å². The minimum absolute atomic E-state index is 0.0992. The molecule has 0 saturated carbocycles. The predicted octanol–water partition coefficient (Wildman–Crippen LogP) is 3.24. The van der Waals surface area contributed by atoms with Crippen molar-refractivity contribution in [1.29, 1.82) is 0 Å². The fourth-order valence-corrected chi connectivity index (χ4v) is 3.66. The lowest BCUT2D eigenvalue weighted by molar-refractivity contribution is 0.563. The first-order chi connectivity index (χ1) is 9.83. The second kappa shape index (κ2) is 6.42. The molecule has 0 amide bonds. The summed E-state index contributed by atoms with van der Waals surface area (Å²) in [5.74, 6) is 0.351. The summed E-state index contributed by atoms with van der Waals surface area (Å²) in [6.07, 6.45) is 1.67. The van der Waals surface area contributed by atoms with E-state index in [9.17, 15) is 8.42 Å².